The van der Waals surface area contributed by atoms with E-state index in [1.165, 1.54) is 38.5 Å². The fraction of sp³-hybridized carbons (Fsp3) is 0.167. The predicted octanol–water partition coefficient (Wildman–Crippen LogP) is 4.07. The number of hydrogen-bond acceptors (Lipinski definition) is 6. The van der Waals surface area contributed by atoms with Crippen molar-refractivity contribution in [2.24, 2.45) is 0 Å². The van der Waals surface area contributed by atoms with Gasteiger partial charge >= 0.3 is 11.9 Å². The van der Waals surface area contributed by atoms with Gasteiger partial charge in [0.15, 0.2) is 0 Å². The van der Waals surface area contributed by atoms with E-state index in [1.54, 1.807) is 6.92 Å². The van der Waals surface area contributed by atoms with Crippen molar-refractivity contribution in [1.82, 2.24) is 0 Å². The molecule has 1 aromatic heterocycles. The van der Waals surface area contributed by atoms with E-state index in [1.807, 2.05) is 0 Å². The second-order valence-corrected chi connectivity index (χ2v) is 6.63. The molecule has 9 heteroatoms. The molecule has 0 aliphatic carbocycles. The summed E-state index contributed by atoms with van der Waals surface area (Å²) in [5.41, 5.74) is 0.434. The fourth-order valence-electron chi connectivity index (χ4n) is 2.22. The Bertz CT molecular complexity index is 918. The van der Waals surface area contributed by atoms with Crippen LogP contribution in [-0.4, -0.2) is 32.1 Å². The van der Waals surface area contributed by atoms with Crippen LogP contribution in [0.4, 0.5) is 9.39 Å². The van der Waals surface area contributed by atoms with Gasteiger partial charge in [-0.25, -0.2) is 14.0 Å². The number of nitrogens with one attached hydrogen (secondary N) is 1. The molecule has 0 fully saturated rings. The van der Waals surface area contributed by atoms with E-state index in [-0.39, 0.29) is 26.0 Å². The molecule has 0 saturated heterocycles. The molecule has 1 aromatic carbocycles. The van der Waals surface area contributed by atoms with Crippen molar-refractivity contribution in [3.63, 3.8) is 0 Å². The van der Waals surface area contributed by atoms with Gasteiger partial charge in [0.2, 0.25) is 5.91 Å². The van der Waals surface area contributed by atoms with Gasteiger partial charge in [0.25, 0.3) is 0 Å². The standard InChI is InChI=1S/C18H15ClFNO5S/c1-9-14(17(23)25-2)16(27-15(9)18(24)26-3)21-13(22)8-7-10-11(19)5-4-6-12(10)20/h4-8H,1-3H3,(H,21,22)/b8-7+. The number of thiophene rings is 1. The zero-order valence-electron chi connectivity index (χ0n) is 14.6. The van der Waals surface area contributed by atoms with Crippen LogP contribution in [0.2, 0.25) is 5.02 Å². The molecule has 1 N–H and O–H groups in total. The second-order valence-electron chi connectivity index (χ2n) is 5.20. The van der Waals surface area contributed by atoms with Crippen molar-refractivity contribution in [1.29, 1.82) is 0 Å². The molecule has 0 atom stereocenters. The molecular formula is C18H15ClFNO5S. The zero-order chi connectivity index (χ0) is 20.1. The summed E-state index contributed by atoms with van der Waals surface area (Å²) in [7, 11) is 2.39. The van der Waals surface area contributed by atoms with Gasteiger partial charge in [0.05, 0.1) is 24.8 Å². The van der Waals surface area contributed by atoms with Crippen LogP contribution in [0, 0.1) is 12.7 Å². The molecule has 142 valence electrons. The Balaban J connectivity index is 2.33. The van der Waals surface area contributed by atoms with Crippen LogP contribution in [0.15, 0.2) is 24.3 Å². The first-order chi connectivity index (χ1) is 12.8. The molecule has 27 heavy (non-hydrogen) atoms. The number of carbonyl (C=O) groups is 3. The Kier molecular flexibility index (Phi) is 6.70. The lowest BCUT2D eigenvalue weighted by Crippen LogP contribution is -2.11. The summed E-state index contributed by atoms with van der Waals surface area (Å²) in [6.45, 7) is 1.54. The van der Waals surface area contributed by atoms with Crippen LogP contribution in [0.5, 0.6) is 0 Å². The number of hydrogen-bond donors (Lipinski definition) is 1. The smallest absolute Gasteiger partial charge is 0.348 e. The number of ether oxygens (including phenoxy) is 2. The molecule has 0 bridgehead atoms. The van der Waals surface area contributed by atoms with Crippen LogP contribution >= 0.6 is 22.9 Å². The van der Waals surface area contributed by atoms with Crippen molar-refractivity contribution >= 4 is 51.9 Å². The summed E-state index contributed by atoms with van der Waals surface area (Å²) in [6.07, 6.45) is 2.28. The maximum atomic E-state index is 13.7. The maximum Gasteiger partial charge on any atom is 0.348 e. The first-order valence-corrected chi connectivity index (χ1v) is 8.72. The minimum Gasteiger partial charge on any atom is -0.465 e. The first-order valence-electron chi connectivity index (χ1n) is 7.53. The predicted molar refractivity (Wildman–Crippen MR) is 101 cm³/mol. The molecule has 0 aliphatic heterocycles. The van der Waals surface area contributed by atoms with Crippen LogP contribution in [-0.2, 0) is 14.3 Å². The molecule has 0 aliphatic rings. The van der Waals surface area contributed by atoms with Gasteiger partial charge in [-0.3, -0.25) is 4.79 Å². The number of amides is 1. The Morgan fingerprint density at radius 3 is 2.44 bits per heavy atom. The minimum atomic E-state index is -0.713. The molecule has 6 nitrogen and oxygen atoms in total. The zero-order valence-corrected chi connectivity index (χ0v) is 16.2. The van der Waals surface area contributed by atoms with E-state index >= 15 is 0 Å². The molecule has 0 spiro atoms. The van der Waals surface area contributed by atoms with Crippen molar-refractivity contribution in [3.05, 3.63) is 56.7 Å². The third kappa shape index (κ3) is 4.53. The molecule has 0 saturated carbocycles. The molecule has 0 unspecified atom stereocenters. The summed E-state index contributed by atoms with van der Waals surface area (Å²) >= 11 is 6.78. The molecular weight excluding hydrogens is 397 g/mol. The summed E-state index contributed by atoms with van der Waals surface area (Å²) in [4.78, 5) is 36.2. The highest BCUT2D eigenvalue weighted by molar-refractivity contribution is 7.18. The monoisotopic (exact) mass is 411 g/mol. The molecule has 0 radical (unpaired) electrons. The Morgan fingerprint density at radius 1 is 1.19 bits per heavy atom. The number of methoxy groups -OCH3 is 2. The molecule has 2 rings (SSSR count). The van der Waals surface area contributed by atoms with E-state index in [4.69, 9.17) is 16.3 Å². The van der Waals surface area contributed by atoms with Crippen molar-refractivity contribution in [3.8, 4) is 0 Å². The van der Waals surface area contributed by atoms with E-state index in [0.717, 1.165) is 17.4 Å². The summed E-state index contributed by atoms with van der Waals surface area (Å²) < 4.78 is 23.1. The quantitative estimate of drug-likeness (QED) is 0.592. The van der Waals surface area contributed by atoms with Crippen molar-refractivity contribution < 1.29 is 28.2 Å². The maximum absolute atomic E-state index is 13.7. The number of carbonyl (C=O) groups excluding carboxylic acids is 3. The normalized spacial score (nSPS) is 10.7. The third-order valence-corrected chi connectivity index (χ3v) is 5.06. The number of benzene rings is 1. The second kappa shape index (κ2) is 8.79. The first kappa shape index (κ1) is 20.6. The Morgan fingerprint density at radius 2 is 1.85 bits per heavy atom. The van der Waals surface area contributed by atoms with Crippen molar-refractivity contribution in [2.75, 3.05) is 19.5 Å². The van der Waals surface area contributed by atoms with Crippen LogP contribution in [0.25, 0.3) is 6.08 Å². The molecule has 1 amide bonds. The topological polar surface area (TPSA) is 81.7 Å². The van der Waals surface area contributed by atoms with Crippen LogP contribution in [0.1, 0.15) is 31.2 Å². The van der Waals surface area contributed by atoms with Gasteiger partial charge in [-0.2, -0.15) is 0 Å². The highest BCUT2D eigenvalue weighted by atomic mass is 35.5. The third-order valence-electron chi connectivity index (χ3n) is 3.54. The van der Waals surface area contributed by atoms with Crippen LogP contribution in [0.3, 0.4) is 0 Å². The average molecular weight is 412 g/mol. The fourth-order valence-corrected chi connectivity index (χ4v) is 3.56. The SMILES string of the molecule is COC(=O)c1sc(NC(=O)/C=C/c2c(F)cccc2Cl)c(C(=O)OC)c1C. The lowest BCUT2D eigenvalue weighted by molar-refractivity contribution is -0.111. The lowest BCUT2D eigenvalue weighted by atomic mass is 10.1. The van der Waals surface area contributed by atoms with E-state index < -0.39 is 23.7 Å². The Labute approximate surface area is 163 Å². The van der Waals surface area contributed by atoms with Crippen LogP contribution < -0.4 is 5.32 Å². The van der Waals surface area contributed by atoms with Gasteiger partial charge in [-0.05, 0) is 30.7 Å². The minimum absolute atomic E-state index is 0.0496. The molecule has 2 aromatic rings. The highest BCUT2D eigenvalue weighted by Gasteiger charge is 2.26. The Hall–Kier alpha value is -2.71. The summed E-state index contributed by atoms with van der Waals surface area (Å²) in [5, 5.41) is 2.76. The average Bonchev–Trinajstić information content (AvgIpc) is 2.96. The van der Waals surface area contributed by atoms with E-state index in [0.29, 0.717) is 5.56 Å². The van der Waals surface area contributed by atoms with Gasteiger partial charge in [0.1, 0.15) is 15.7 Å². The van der Waals surface area contributed by atoms with E-state index in [2.05, 4.69) is 10.1 Å². The van der Waals surface area contributed by atoms with Gasteiger partial charge < -0.3 is 14.8 Å². The van der Waals surface area contributed by atoms with Gasteiger partial charge in [-0.15, -0.1) is 11.3 Å². The molecule has 1 heterocycles. The number of rotatable bonds is 5. The highest BCUT2D eigenvalue weighted by Crippen LogP contribution is 2.34. The van der Waals surface area contributed by atoms with E-state index in [9.17, 15) is 18.8 Å². The lowest BCUT2D eigenvalue weighted by Gasteiger charge is -2.04. The summed E-state index contributed by atoms with van der Waals surface area (Å²) in [5.74, 6) is -2.58. The van der Waals surface area contributed by atoms with Gasteiger partial charge in [-0.1, -0.05) is 17.7 Å². The van der Waals surface area contributed by atoms with Gasteiger partial charge in [0, 0.05) is 11.6 Å². The number of esters is 2. The van der Waals surface area contributed by atoms with Crippen molar-refractivity contribution in [2.45, 2.75) is 6.92 Å². The largest absolute Gasteiger partial charge is 0.465 e. The summed E-state index contributed by atoms with van der Waals surface area (Å²) in [6, 6.07) is 4.15. The number of anilines is 1. The number of halogens is 2.